The van der Waals surface area contributed by atoms with Gasteiger partial charge < -0.3 is 9.64 Å². The number of carbonyl (C=O) groups is 1. The number of nitrogens with zero attached hydrogens (tertiary/aromatic N) is 1. The van der Waals surface area contributed by atoms with E-state index in [1.807, 2.05) is 25.1 Å². The van der Waals surface area contributed by atoms with E-state index >= 15 is 0 Å². The van der Waals surface area contributed by atoms with E-state index < -0.39 is 11.6 Å². The number of hydrogen-bond acceptors (Lipinski definition) is 2. The van der Waals surface area contributed by atoms with E-state index in [0.29, 0.717) is 18.2 Å². The predicted molar refractivity (Wildman–Crippen MR) is 76.5 cm³/mol. The fourth-order valence-corrected chi connectivity index (χ4v) is 2.56. The average molecular weight is 300 g/mol. The molecule has 1 fully saturated rings. The van der Waals surface area contributed by atoms with Crippen molar-refractivity contribution in [2.24, 2.45) is 0 Å². The Balaban J connectivity index is 2.21. The topological polar surface area (TPSA) is 29.5 Å². The second kappa shape index (κ2) is 5.70. The van der Waals surface area contributed by atoms with Crippen molar-refractivity contribution >= 4 is 17.5 Å². The van der Waals surface area contributed by atoms with Crippen LogP contribution in [0.2, 0.25) is 5.02 Å². The number of morpholine rings is 1. The minimum atomic E-state index is -1.88. The second-order valence-corrected chi connectivity index (χ2v) is 6.03. The van der Waals surface area contributed by atoms with E-state index in [1.54, 1.807) is 6.07 Å². The zero-order chi connectivity index (χ0) is 14.9. The number of rotatable bonds is 2. The monoisotopic (exact) mass is 299 g/mol. The Morgan fingerprint density at radius 1 is 1.45 bits per heavy atom. The Morgan fingerprint density at radius 3 is 2.70 bits per heavy atom. The molecule has 1 amide bonds. The minimum absolute atomic E-state index is 0.142. The fraction of sp³-hybridized carbons (Fsp3) is 0.533. The summed E-state index contributed by atoms with van der Waals surface area (Å²) in [6.45, 7) is 5.10. The maximum absolute atomic E-state index is 13.9. The number of amides is 1. The number of ether oxygens (including phenoxy) is 1. The Kier molecular flexibility index (Phi) is 4.35. The highest BCUT2D eigenvalue weighted by Crippen LogP contribution is 2.31. The Hall–Kier alpha value is -1.13. The van der Waals surface area contributed by atoms with Gasteiger partial charge in [-0.1, -0.05) is 29.8 Å². The van der Waals surface area contributed by atoms with E-state index in [4.69, 9.17) is 16.3 Å². The van der Waals surface area contributed by atoms with Crippen molar-refractivity contribution in [2.45, 2.75) is 38.6 Å². The lowest BCUT2D eigenvalue weighted by atomic mass is 10.0. The van der Waals surface area contributed by atoms with Gasteiger partial charge in [-0.25, -0.2) is 4.39 Å². The molecule has 0 aliphatic carbocycles. The maximum atomic E-state index is 13.9. The molecule has 20 heavy (non-hydrogen) atoms. The summed E-state index contributed by atoms with van der Waals surface area (Å²) in [5, 5.41) is 0.596. The Bertz CT molecular complexity index is 501. The van der Waals surface area contributed by atoms with Gasteiger partial charge in [0.15, 0.2) is 5.67 Å². The zero-order valence-electron chi connectivity index (χ0n) is 11.9. The molecular weight excluding hydrogens is 281 g/mol. The molecule has 0 unspecified atom stereocenters. The van der Waals surface area contributed by atoms with E-state index in [9.17, 15) is 9.18 Å². The van der Waals surface area contributed by atoms with Gasteiger partial charge in [0.25, 0.3) is 5.91 Å². The summed E-state index contributed by atoms with van der Waals surface area (Å²) in [6, 6.07) is 7.21. The van der Waals surface area contributed by atoms with Crippen LogP contribution in [0.3, 0.4) is 0 Å². The first-order valence-electron chi connectivity index (χ1n) is 6.66. The molecule has 0 radical (unpaired) electrons. The third-order valence-corrected chi connectivity index (χ3v) is 3.80. The Labute approximate surface area is 123 Å². The SMILES string of the molecule is C[C@@H]1CO[C@@H](c2ccccc2Cl)CN1C(=O)C(C)(C)F. The van der Waals surface area contributed by atoms with Crippen molar-refractivity contribution in [3.8, 4) is 0 Å². The normalized spacial score (nSPS) is 23.8. The Morgan fingerprint density at radius 2 is 2.10 bits per heavy atom. The molecule has 2 atom stereocenters. The smallest absolute Gasteiger partial charge is 0.260 e. The molecule has 0 bridgehead atoms. The van der Waals surface area contributed by atoms with Gasteiger partial charge in [0, 0.05) is 10.6 Å². The third kappa shape index (κ3) is 3.13. The van der Waals surface area contributed by atoms with Crippen molar-refractivity contribution in [3.63, 3.8) is 0 Å². The van der Waals surface area contributed by atoms with Gasteiger partial charge in [-0.3, -0.25) is 4.79 Å². The van der Waals surface area contributed by atoms with Crippen molar-refractivity contribution in [1.29, 1.82) is 0 Å². The van der Waals surface area contributed by atoms with Gasteiger partial charge in [0.05, 0.1) is 19.2 Å². The van der Waals surface area contributed by atoms with Crippen LogP contribution in [-0.4, -0.2) is 35.7 Å². The van der Waals surface area contributed by atoms with Crippen LogP contribution in [0.5, 0.6) is 0 Å². The summed E-state index contributed by atoms with van der Waals surface area (Å²) >= 11 is 6.15. The van der Waals surface area contributed by atoms with Gasteiger partial charge in [-0.2, -0.15) is 0 Å². The molecular formula is C15H19ClFNO2. The van der Waals surface area contributed by atoms with E-state index in [-0.39, 0.29) is 12.1 Å². The first kappa shape index (κ1) is 15.3. The molecule has 2 rings (SSSR count). The van der Waals surface area contributed by atoms with Crippen molar-refractivity contribution in [1.82, 2.24) is 4.90 Å². The molecule has 1 aromatic carbocycles. The number of halogens is 2. The lowest BCUT2D eigenvalue weighted by molar-refractivity contribution is -0.155. The summed E-state index contributed by atoms with van der Waals surface area (Å²) in [6.07, 6.45) is -0.314. The summed E-state index contributed by atoms with van der Waals surface area (Å²) in [5.74, 6) is -0.509. The van der Waals surface area contributed by atoms with Crippen LogP contribution in [0.1, 0.15) is 32.4 Å². The standard InChI is InChI=1S/C15H19ClFNO2/c1-10-9-20-13(11-6-4-5-7-12(11)16)8-18(10)14(19)15(2,3)17/h4-7,10,13H,8-9H2,1-3H3/t10-,13-/m1/s1. The van der Waals surface area contributed by atoms with E-state index in [0.717, 1.165) is 5.56 Å². The molecule has 0 saturated carbocycles. The van der Waals surface area contributed by atoms with Crippen LogP contribution in [0, 0.1) is 0 Å². The van der Waals surface area contributed by atoms with E-state index in [1.165, 1.54) is 18.7 Å². The molecule has 1 aliphatic rings. The van der Waals surface area contributed by atoms with Crippen LogP contribution < -0.4 is 0 Å². The first-order chi connectivity index (χ1) is 9.30. The van der Waals surface area contributed by atoms with Gasteiger partial charge in [-0.15, -0.1) is 0 Å². The van der Waals surface area contributed by atoms with Crippen LogP contribution >= 0.6 is 11.6 Å². The molecule has 1 heterocycles. The lowest BCUT2D eigenvalue weighted by Gasteiger charge is -2.40. The van der Waals surface area contributed by atoms with Crippen molar-refractivity contribution < 1.29 is 13.9 Å². The summed E-state index contributed by atoms with van der Waals surface area (Å²) in [4.78, 5) is 13.7. The van der Waals surface area contributed by atoms with Gasteiger partial charge in [-0.05, 0) is 26.8 Å². The first-order valence-corrected chi connectivity index (χ1v) is 7.04. The van der Waals surface area contributed by atoms with Crippen LogP contribution in [0.4, 0.5) is 4.39 Å². The molecule has 1 aromatic rings. The zero-order valence-corrected chi connectivity index (χ0v) is 12.7. The second-order valence-electron chi connectivity index (χ2n) is 5.62. The highest BCUT2D eigenvalue weighted by molar-refractivity contribution is 6.31. The molecule has 3 nitrogen and oxygen atoms in total. The molecule has 1 aliphatic heterocycles. The molecule has 1 saturated heterocycles. The van der Waals surface area contributed by atoms with Crippen molar-refractivity contribution in [2.75, 3.05) is 13.2 Å². The summed E-state index contributed by atoms with van der Waals surface area (Å²) in [7, 11) is 0. The fourth-order valence-electron chi connectivity index (χ4n) is 2.31. The van der Waals surface area contributed by atoms with Crippen LogP contribution in [0.15, 0.2) is 24.3 Å². The largest absolute Gasteiger partial charge is 0.369 e. The molecule has 0 aromatic heterocycles. The summed E-state index contributed by atoms with van der Waals surface area (Å²) in [5.41, 5.74) is -1.05. The summed E-state index contributed by atoms with van der Waals surface area (Å²) < 4.78 is 19.6. The van der Waals surface area contributed by atoms with Gasteiger partial charge in [0.1, 0.15) is 6.10 Å². The maximum Gasteiger partial charge on any atom is 0.260 e. The van der Waals surface area contributed by atoms with Gasteiger partial charge >= 0.3 is 0 Å². The molecule has 5 heteroatoms. The number of benzene rings is 1. The highest BCUT2D eigenvalue weighted by atomic mass is 35.5. The number of hydrogen-bond donors (Lipinski definition) is 0. The lowest BCUT2D eigenvalue weighted by Crippen LogP contribution is -2.53. The third-order valence-electron chi connectivity index (χ3n) is 3.45. The van der Waals surface area contributed by atoms with Crippen LogP contribution in [0.25, 0.3) is 0 Å². The number of carbonyl (C=O) groups excluding carboxylic acids is 1. The van der Waals surface area contributed by atoms with E-state index in [2.05, 4.69) is 0 Å². The predicted octanol–water partition coefficient (Wildman–Crippen LogP) is 3.38. The average Bonchev–Trinajstić information content (AvgIpc) is 2.38. The van der Waals surface area contributed by atoms with Gasteiger partial charge in [0.2, 0.25) is 0 Å². The molecule has 0 N–H and O–H groups in total. The quantitative estimate of drug-likeness (QED) is 0.838. The highest BCUT2D eigenvalue weighted by Gasteiger charge is 2.38. The minimum Gasteiger partial charge on any atom is -0.369 e. The van der Waals surface area contributed by atoms with Crippen LogP contribution in [-0.2, 0) is 9.53 Å². The molecule has 110 valence electrons. The molecule has 0 spiro atoms. The number of alkyl halides is 1. The van der Waals surface area contributed by atoms with Crippen molar-refractivity contribution in [3.05, 3.63) is 34.9 Å².